The highest BCUT2D eigenvalue weighted by molar-refractivity contribution is 5.51. The summed E-state index contributed by atoms with van der Waals surface area (Å²) >= 11 is 0. The van der Waals surface area contributed by atoms with Crippen LogP contribution in [0.3, 0.4) is 0 Å². The highest BCUT2D eigenvalue weighted by Gasteiger charge is 2.20. The van der Waals surface area contributed by atoms with E-state index in [0.29, 0.717) is 6.54 Å². The molecule has 0 unspecified atom stereocenters. The van der Waals surface area contributed by atoms with E-state index < -0.39 is 0 Å². The number of pyridine rings is 1. The summed E-state index contributed by atoms with van der Waals surface area (Å²) in [6.07, 6.45) is 6.71. The minimum absolute atomic E-state index is 0.288. The SMILES string of the molecule is COc1cccc(CNc2cccc3nncn23)c1OC1CCCC1. The first-order chi connectivity index (χ1) is 12.3. The normalized spacial score (nSPS) is 14.8. The summed E-state index contributed by atoms with van der Waals surface area (Å²) in [5, 5.41) is 11.5. The van der Waals surface area contributed by atoms with Gasteiger partial charge in [-0.15, -0.1) is 10.2 Å². The van der Waals surface area contributed by atoms with Crippen LogP contribution in [-0.4, -0.2) is 27.8 Å². The number of hydrogen-bond acceptors (Lipinski definition) is 5. The van der Waals surface area contributed by atoms with Gasteiger partial charge in [0.2, 0.25) is 0 Å². The van der Waals surface area contributed by atoms with Gasteiger partial charge in [-0.2, -0.15) is 0 Å². The molecule has 1 aromatic carbocycles. The van der Waals surface area contributed by atoms with E-state index in [-0.39, 0.29) is 6.10 Å². The fourth-order valence-corrected chi connectivity index (χ4v) is 3.35. The van der Waals surface area contributed by atoms with Gasteiger partial charge in [-0.05, 0) is 43.9 Å². The number of ether oxygens (including phenoxy) is 2. The van der Waals surface area contributed by atoms with Gasteiger partial charge in [-0.1, -0.05) is 18.2 Å². The van der Waals surface area contributed by atoms with Crippen LogP contribution < -0.4 is 14.8 Å². The van der Waals surface area contributed by atoms with Crippen LogP contribution in [0, 0.1) is 0 Å². The molecule has 2 heterocycles. The predicted octanol–water partition coefficient (Wildman–Crippen LogP) is 3.67. The summed E-state index contributed by atoms with van der Waals surface area (Å²) in [4.78, 5) is 0. The largest absolute Gasteiger partial charge is 0.493 e. The minimum atomic E-state index is 0.288. The Morgan fingerprint density at radius 2 is 2.00 bits per heavy atom. The maximum absolute atomic E-state index is 6.29. The standard InChI is InChI=1S/C19H22N4O2/c1-24-16-9-4-6-14(19(16)25-15-7-2-3-8-15)12-20-17-10-5-11-18-22-21-13-23(17)18/h4-6,9-11,13,15,20H,2-3,7-8,12H2,1H3. The van der Waals surface area contributed by atoms with Crippen molar-refractivity contribution in [1.29, 1.82) is 0 Å². The Morgan fingerprint density at radius 3 is 2.84 bits per heavy atom. The third-order valence-electron chi connectivity index (χ3n) is 4.66. The highest BCUT2D eigenvalue weighted by Crippen LogP contribution is 2.35. The Bertz CT molecular complexity index is 856. The molecule has 0 atom stereocenters. The molecule has 2 aromatic heterocycles. The first kappa shape index (κ1) is 15.7. The van der Waals surface area contributed by atoms with Gasteiger partial charge in [0.15, 0.2) is 17.1 Å². The third kappa shape index (κ3) is 3.24. The van der Waals surface area contributed by atoms with Crippen LogP contribution in [0.2, 0.25) is 0 Å². The zero-order valence-corrected chi connectivity index (χ0v) is 14.3. The van der Waals surface area contributed by atoms with Crippen LogP contribution in [0.4, 0.5) is 5.82 Å². The number of nitrogens with zero attached hydrogens (tertiary/aromatic N) is 3. The van der Waals surface area contributed by atoms with Gasteiger partial charge in [0.1, 0.15) is 12.1 Å². The number of rotatable bonds is 6. The van der Waals surface area contributed by atoms with Gasteiger partial charge >= 0.3 is 0 Å². The van der Waals surface area contributed by atoms with E-state index in [9.17, 15) is 0 Å². The van der Waals surface area contributed by atoms with Gasteiger partial charge in [0.05, 0.1) is 13.2 Å². The maximum atomic E-state index is 6.29. The van der Waals surface area contributed by atoms with Crippen molar-refractivity contribution in [2.45, 2.75) is 38.3 Å². The van der Waals surface area contributed by atoms with E-state index >= 15 is 0 Å². The molecule has 6 nitrogen and oxygen atoms in total. The molecule has 6 heteroatoms. The average Bonchev–Trinajstić information content (AvgIpc) is 3.32. The van der Waals surface area contributed by atoms with Crippen LogP contribution in [0.1, 0.15) is 31.2 Å². The van der Waals surface area contributed by atoms with E-state index in [4.69, 9.17) is 9.47 Å². The predicted molar refractivity (Wildman–Crippen MR) is 96.2 cm³/mol. The third-order valence-corrected chi connectivity index (χ3v) is 4.66. The summed E-state index contributed by atoms with van der Waals surface area (Å²) in [7, 11) is 1.69. The van der Waals surface area contributed by atoms with E-state index in [0.717, 1.165) is 41.4 Å². The number of anilines is 1. The Hall–Kier alpha value is -2.76. The van der Waals surface area contributed by atoms with Gasteiger partial charge in [-0.25, -0.2) is 0 Å². The first-order valence-electron chi connectivity index (χ1n) is 8.70. The highest BCUT2D eigenvalue weighted by atomic mass is 16.5. The smallest absolute Gasteiger partial charge is 0.166 e. The quantitative estimate of drug-likeness (QED) is 0.743. The molecule has 0 aliphatic heterocycles. The molecule has 0 radical (unpaired) electrons. The number of aromatic nitrogens is 3. The number of para-hydroxylation sites is 1. The van der Waals surface area contributed by atoms with Crippen molar-refractivity contribution in [2.24, 2.45) is 0 Å². The number of methoxy groups -OCH3 is 1. The fraction of sp³-hybridized carbons (Fsp3) is 0.368. The van der Waals surface area contributed by atoms with Crippen molar-refractivity contribution < 1.29 is 9.47 Å². The van der Waals surface area contributed by atoms with Crippen molar-refractivity contribution in [2.75, 3.05) is 12.4 Å². The van der Waals surface area contributed by atoms with Gasteiger partial charge in [0.25, 0.3) is 0 Å². The zero-order valence-electron chi connectivity index (χ0n) is 14.3. The molecule has 0 spiro atoms. The average molecular weight is 338 g/mol. The van der Waals surface area contributed by atoms with Crippen LogP contribution >= 0.6 is 0 Å². The lowest BCUT2D eigenvalue weighted by molar-refractivity contribution is 0.199. The molecular formula is C19H22N4O2. The Kier molecular flexibility index (Phi) is 4.41. The van der Waals surface area contributed by atoms with Crippen LogP contribution in [-0.2, 0) is 6.54 Å². The van der Waals surface area contributed by atoms with Crippen molar-refractivity contribution in [3.63, 3.8) is 0 Å². The number of hydrogen-bond donors (Lipinski definition) is 1. The number of benzene rings is 1. The molecule has 1 aliphatic carbocycles. The lowest BCUT2D eigenvalue weighted by Crippen LogP contribution is -2.14. The maximum Gasteiger partial charge on any atom is 0.166 e. The van der Waals surface area contributed by atoms with Crippen LogP contribution in [0.5, 0.6) is 11.5 Å². The van der Waals surface area contributed by atoms with Crippen molar-refractivity contribution in [3.05, 3.63) is 48.3 Å². The molecule has 25 heavy (non-hydrogen) atoms. The van der Waals surface area contributed by atoms with E-state index in [2.05, 4.69) is 21.6 Å². The Labute approximate surface area is 146 Å². The topological polar surface area (TPSA) is 60.7 Å². The minimum Gasteiger partial charge on any atom is -0.493 e. The van der Waals surface area contributed by atoms with E-state index in [1.54, 1.807) is 13.4 Å². The van der Waals surface area contributed by atoms with Crippen molar-refractivity contribution in [1.82, 2.24) is 14.6 Å². The second kappa shape index (κ2) is 7.01. The Balaban J connectivity index is 1.58. The molecule has 0 saturated heterocycles. The summed E-state index contributed by atoms with van der Waals surface area (Å²) in [6.45, 7) is 0.635. The monoisotopic (exact) mass is 338 g/mol. The lowest BCUT2D eigenvalue weighted by Gasteiger charge is -2.19. The summed E-state index contributed by atoms with van der Waals surface area (Å²) < 4.78 is 13.7. The molecule has 0 bridgehead atoms. The zero-order chi connectivity index (χ0) is 17.1. The molecule has 0 amide bonds. The van der Waals surface area contributed by atoms with Crippen molar-refractivity contribution in [3.8, 4) is 11.5 Å². The molecule has 130 valence electrons. The van der Waals surface area contributed by atoms with Crippen molar-refractivity contribution >= 4 is 11.5 Å². The molecule has 1 fully saturated rings. The second-order valence-electron chi connectivity index (χ2n) is 6.30. The van der Waals surface area contributed by atoms with E-state index in [1.807, 2.05) is 34.7 Å². The van der Waals surface area contributed by atoms with Crippen LogP contribution in [0.15, 0.2) is 42.7 Å². The fourth-order valence-electron chi connectivity index (χ4n) is 3.35. The Morgan fingerprint density at radius 1 is 1.16 bits per heavy atom. The van der Waals surface area contributed by atoms with Gasteiger partial charge in [-0.3, -0.25) is 4.40 Å². The van der Waals surface area contributed by atoms with Gasteiger partial charge < -0.3 is 14.8 Å². The first-order valence-corrected chi connectivity index (χ1v) is 8.70. The molecule has 1 aliphatic rings. The molecular weight excluding hydrogens is 316 g/mol. The number of nitrogens with one attached hydrogen (secondary N) is 1. The molecule has 1 saturated carbocycles. The van der Waals surface area contributed by atoms with Crippen LogP contribution in [0.25, 0.3) is 5.65 Å². The second-order valence-corrected chi connectivity index (χ2v) is 6.30. The van der Waals surface area contributed by atoms with Gasteiger partial charge in [0, 0.05) is 12.1 Å². The number of fused-ring (bicyclic) bond motifs is 1. The summed E-state index contributed by atoms with van der Waals surface area (Å²) in [6, 6.07) is 11.9. The lowest BCUT2D eigenvalue weighted by atomic mass is 10.1. The molecule has 4 rings (SSSR count). The molecule has 1 N–H and O–H groups in total. The summed E-state index contributed by atoms with van der Waals surface area (Å²) in [5.41, 5.74) is 1.90. The van der Waals surface area contributed by atoms with E-state index in [1.165, 1.54) is 12.8 Å². The molecule has 3 aromatic rings. The summed E-state index contributed by atoms with van der Waals surface area (Å²) in [5.74, 6) is 2.58.